The average molecular weight is 320 g/mol. The second-order valence-corrected chi connectivity index (χ2v) is 6.27. The second-order valence-electron chi connectivity index (χ2n) is 6.27. The van der Waals surface area contributed by atoms with Gasteiger partial charge in [0.2, 0.25) is 0 Å². The van der Waals surface area contributed by atoms with Gasteiger partial charge in [0, 0.05) is 30.7 Å². The van der Waals surface area contributed by atoms with Gasteiger partial charge in [0.05, 0.1) is 5.92 Å². The lowest BCUT2D eigenvalue weighted by Gasteiger charge is -2.28. The van der Waals surface area contributed by atoms with Crippen molar-refractivity contribution in [1.29, 1.82) is 0 Å². The van der Waals surface area contributed by atoms with E-state index in [0.29, 0.717) is 24.8 Å². The smallest absolute Gasteiger partial charge is 0.163 e. The molecule has 0 saturated heterocycles. The molecule has 1 saturated carbocycles. The van der Waals surface area contributed by atoms with Crippen LogP contribution < -0.4 is 0 Å². The Labute approximate surface area is 141 Å². The summed E-state index contributed by atoms with van der Waals surface area (Å²) in [5.41, 5.74) is 1.50. The van der Waals surface area contributed by atoms with Crippen LogP contribution in [0.2, 0.25) is 0 Å². The molecule has 1 unspecified atom stereocenters. The fraction of sp³-hybridized carbons (Fsp3) is 0.286. The van der Waals surface area contributed by atoms with Gasteiger partial charge in [-0.15, -0.1) is 0 Å². The third-order valence-corrected chi connectivity index (χ3v) is 4.67. The molecule has 122 valence electrons. The van der Waals surface area contributed by atoms with E-state index in [-0.39, 0.29) is 29.7 Å². The lowest BCUT2D eigenvalue weighted by molar-refractivity contribution is -0.136. The van der Waals surface area contributed by atoms with Crippen LogP contribution in [0.15, 0.2) is 60.7 Å². The van der Waals surface area contributed by atoms with Gasteiger partial charge in [0.1, 0.15) is 11.6 Å². The Bertz CT molecular complexity index is 718. The summed E-state index contributed by atoms with van der Waals surface area (Å²) in [6, 6.07) is 18.5. The van der Waals surface area contributed by atoms with Gasteiger partial charge in [-0.3, -0.25) is 14.4 Å². The van der Waals surface area contributed by atoms with Crippen LogP contribution in [0.5, 0.6) is 0 Å². The first kappa shape index (κ1) is 16.3. The Morgan fingerprint density at radius 1 is 0.875 bits per heavy atom. The van der Waals surface area contributed by atoms with Gasteiger partial charge in [-0.05, 0) is 12.0 Å². The van der Waals surface area contributed by atoms with Crippen molar-refractivity contribution in [1.82, 2.24) is 0 Å². The minimum atomic E-state index is -0.686. The van der Waals surface area contributed by atoms with Crippen molar-refractivity contribution >= 4 is 17.3 Å². The number of benzene rings is 2. The number of ketones is 3. The van der Waals surface area contributed by atoms with E-state index in [4.69, 9.17) is 0 Å². The Morgan fingerprint density at radius 3 is 2.00 bits per heavy atom. The summed E-state index contributed by atoms with van der Waals surface area (Å²) in [6.45, 7) is 0. The van der Waals surface area contributed by atoms with Crippen LogP contribution in [-0.2, 0) is 9.59 Å². The van der Waals surface area contributed by atoms with Crippen molar-refractivity contribution in [2.75, 3.05) is 0 Å². The van der Waals surface area contributed by atoms with Crippen molar-refractivity contribution in [2.24, 2.45) is 5.92 Å². The molecule has 0 amide bonds. The molecule has 2 aromatic rings. The molecule has 0 radical (unpaired) electrons. The molecule has 0 bridgehead atoms. The molecular formula is C21H20O3. The molecule has 0 N–H and O–H groups in total. The Morgan fingerprint density at radius 2 is 1.42 bits per heavy atom. The van der Waals surface area contributed by atoms with E-state index in [9.17, 15) is 14.4 Å². The van der Waals surface area contributed by atoms with Gasteiger partial charge >= 0.3 is 0 Å². The van der Waals surface area contributed by atoms with Crippen molar-refractivity contribution in [2.45, 2.75) is 31.6 Å². The molecule has 3 nitrogen and oxygen atoms in total. The van der Waals surface area contributed by atoms with Gasteiger partial charge < -0.3 is 0 Å². The van der Waals surface area contributed by atoms with Crippen molar-refractivity contribution in [3.8, 4) is 0 Å². The number of carbonyl (C=O) groups is 3. The van der Waals surface area contributed by atoms with Crippen LogP contribution >= 0.6 is 0 Å². The molecule has 0 aromatic heterocycles. The van der Waals surface area contributed by atoms with Crippen LogP contribution in [-0.4, -0.2) is 17.3 Å². The van der Waals surface area contributed by atoms with Crippen molar-refractivity contribution < 1.29 is 14.4 Å². The van der Waals surface area contributed by atoms with Crippen molar-refractivity contribution in [3.63, 3.8) is 0 Å². The lowest BCUT2D eigenvalue weighted by Crippen LogP contribution is -2.34. The van der Waals surface area contributed by atoms with E-state index in [1.165, 1.54) is 0 Å². The van der Waals surface area contributed by atoms with Crippen LogP contribution in [0.4, 0.5) is 0 Å². The molecule has 0 spiro atoms. The number of carbonyl (C=O) groups excluding carboxylic acids is 3. The Kier molecular flexibility index (Phi) is 4.99. The van der Waals surface area contributed by atoms with E-state index >= 15 is 0 Å². The zero-order chi connectivity index (χ0) is 16.9. The maximum Gasteiger partial charge on any atom is 0.163 e. The molecule has 0 heterocycles. The normalized spacial score (nSPS) is 16.8. The maximum atomic E-state index is 12.7. The highest BCUT2D eigenvalue weighted by molar-refractivity contribution is 6.06. The summed E-state index contributed by atoms with van der Waals surface area (Å²) in [5.74, 6) is -1.15. The van der Waals surface area contributed by atoms with Crippen LogP contribution in [0.1, 0.15) is 47.5 Å². The lowest BCUT2D eigenvalue weighted by atomic mass is 9.73. The molecule has 0 aliphatic heterocycles. The third kappa shape index (κ3) is 3.51. The minimum absolute atomic E-state index is 0.0269. The third-order valence-electron chi connectivity index (χ3n) is 4.67. The highest BCUT2D eigenvalue weighted by atomic mass is 16.2. The largest absolute Gasteiger partial charge is 0.299 e. The summed E-state index contributed by atoms with van der Waals surface area (Å²) in [6.07, 6.45) is 1.66. The van der Waals surface area contributed by atoms with Gasteiger partial charge in [-0.1, -0.05) is 60.7 Å². The van der Waals surface area contributed by atoms with Crippen LogP contribution in [0.3, 0.4) is 0 Å². The molecule has 3 heteroatoms. The summed E-state index contributed by atoms with van der Waals surface area (Å²) in [7, 11) is 0. The van der Waals surface area contributed by atoms with Crippen LogP contribution in [0.25, 0.3) is 0 Å². The Hall–Kier alpha value is -2.55. The second kappa shape index (κ2) is 7.35. The summed E-state index contributed by atoms with van der Waals surface area (Å²) in [5, 5.41) is 0. The predicted molar refractivity (Wildman–Crippen MR) is 91.9 cm³/mol. The fourth-order valence-electron chi connectivity index (χ4n) is 3.45. The molecule has 1 fully saturated rings. The topological polar surface area (TPSA) is 51.2 Å². The highest BCUT2D eigenvalue weighted by Crippen LogP contribution is 2.35. The van der Waals surface area contributed by atoms with Gasteiger partial charge in [0.25, 0.3) is 0 Å². The van der Waals surface area contributed by atoms with Crippen molar-refractivity contribution in [3.05, 3.63) is 71.8 Å². The molecule has 1 aliphatic carbocycles. The molecule has 24 heavy (non-hydrogen) atoms. The Balaban J connectivity index is 1.92. The molecule has 3 rings (SSSR count). The highest BCUT2D eigenvalue weighted by Gasteiger charge is 2.38. The predicted octanol–water partition coefficient (Wildman–Crippen LogP) is 3.98. The fourth-order valence-corrected chi connectivity index (χ4v) is 3.45. The number of rotatable bonds is 5. The number of hydrogen-bond donors (Lipinski definition) is 0. The SMILES string of the molecule is O=C(CC(c1ccccc1)C1C(=O)CCCC1=O)c1ccccc1. The summed E-state index contributed by atoms with van der Waals surface area (Å²) >= 11 is 0. The number of hydrogen-bond acceptors (Lipinski definition) is 3. The molecule has 2 aromatic carbocycles. The average Bonchev–Trinajstić information content (AvgIpc) is 2.62. The van der Waals surface area contributed by atoms with Gasteiger partial charge in [0.15, 0.2) is 5.78 Å². The minimum Gasteiger partial charge on any atom is -0.299 e. The van der Waals surface area contributed by atoms with E-state index < -0.39 is 5.92 Å². The quantitative estimate of drug-likeness (QED) is 0.618. The van der Waals surface area contributed by atoms with Gasteiger partial charge in [-0.25, -0.2) is 0 Å². The zero-order valence-electron chi connectivity index (χ0n) is 13.5. The van der Waals surface area contributed by atoms with Crippen LogP contribution in [0, 0.1) is 5.92 Å². The monoisotopic (exact) mass is 320 g/mol. The maximum absolute atomic E-state index is 12.7. The number of Topliss-reactive ketones (excluding diaryl/α,β-unsaturated/α-hetero) is 3. The zero-order valence-corrected chi connectivity index (χ0v) is 13.5. The van der Waals surface area contributed by atoms with E-state index in [2.05, 4.69) is 0 Å². The van der Waals surface area contributed by atoms with E-state index in [1.807, 2.05) is 48.5 Å². The first-order valence-corrected chi connectivity index (χ1v) is 8.35. The van der Waals surface area contributed by atoms with Gasteiger partial charge in [-0.2, -0.15) is 0 Å². The standard InChI is InChI=1S/C21H20O3/c22-18-12-7-13-19(23)21(18)17(15-8-3-1-4-9-15)14-20(24)16-10-5-2-6-11-16/h1-6,8-11,17,21H,7,12-14H2. The first-order valence-electron chi connectivity index (χ1n) is 8.35. The molecular weight excluding hydrogens is 300 g/mol. The first-order chi connectivity index (χ1) is 11.7. The molecule has 1 atom stereocenters. The van der Waals surface area contributed by atoms with E-state index in [0.717, 1.165) is 5.56 Å². The summed E-state index contributed by atoms with van der Waals surface area (Å²) in [4.78, 5) is 37.5. The van der Waals surface area contributed by atoms with E-state index in [1.54, 1.807) is 12.1 Å². The summed E-state index contributed by atoms with van der Waals surface area (Å²) < 4.78 is 0. The molecule has 1 aliphatic rings.